The van der Waals surface area contributed by atoms with E-state index in [1.165, 1.54) is 0 Å². The van der Waals surface area contributed by atoms with E-state index in [2.05, 4.69) is 4.74 Å². The molecule has 1 atom stereocenters. The first kappa shape index (κ1) is 11.7. The summed E-state index contributed by atoms with van der Waals surface area (Å²) in [5.74, 6) is 0. The minimum atomic E-state index is -0.324. The summed E-state index contributed by atoms with van der Waals surface area (Å²) in [5.41, 5.74) is 0. The maximum atomic E-state index is 9.37. The summed E-state index contributed by atoms with van der Waals surface area (Å²) in [7, 11) is 1.68. The first-order valence-electron chi connectivity index (χ1n) is 2.77. The van der Waals surface area contributed by atoms with Crippen molar-refractivity contribution in [2.24, 2.45) is 0 Å². The van der Waals surface area contributed by atoms with Crippen LogP contribution in [0.3, 0.4) is 0 Å². The molecule has 0 aromatic carbocycles. The quantitative estimate of drug-likeness (QED) is 0.443. The number of carbonyl (C=O) groups excluding carboxylic acids is 1. The van der Waals surface area contributed by atoms with Gasteiger partial charge in [-0.15, -0.1) is 11.6 Å². The Morgan fingerprint density at radius 2 is 2.00 bits per heavy atom. The maximum Gasteiger partial charge on any atom is 0.137 e. The monoisotopic (exact) mass is 152 g/mol. The number of hydrogen-bond donors (Lipinski definition) is 0. The molecule has 0 aromatic heterocycles. The zero-order valence-corrected chi connectivity index (χ0v) is 6.81. The Kier molecular flexibility index (Phi) is 14.0. The highest BCUT2D eigenvalue weighted by molar-refractivity contribution is 6.27. The molecule has 0 radical (unpaired) electrons. The topological polar surface area (TPSA) is 26.3 Å². The zero-order valence-electron chi connectivity index (χ0n) is 6.06. The Bertz CT molecular complexity index is 53.0. The second-order valence-corrected chi connectivity index (χ2v) is 2.08. The smallest absolute Gasteiger partial charge is 0.137 e. The number of halogens is 1. The second kappa shape index (κ2) is 10.8. The highest BCUT2D eigenvalue weighted by Gasteiger charge is 1.83. The molecular weight excluding hydrogens is 140 g/mol. The Labute approximate surface area is 61.1 Å². The standard InChI is InChI=1S/C3H5ClO.C3H8O/c1-3(4)2-5;1-3-4-2/h2-3H,1H3;3H2,1-2H3. The minimum absolute atomic E-state index is 0.324. The van der Waals surface area contributed by atoms with Crippen molar-refractivity contribution in [3.8, 4) is 0 Å². The highest BCUT2D eigenvalue weighted by atomic mass is 35.5. The van der Waals surface area contributed by atoms with E-state index in [0.29, 0.717) is 6.29 Å². The number of aldehydes is 1. The van der Waals surface area contributed by atoms with Gasteiger partial charge < -0.3 is 9.53 Å². The summed E-state index contributed by atoms with van der Waals surface area (Å²) in [6.45, 7) is 4.40. The summed E-state index contributed by atoms with van der Waals surface area (Å²) in [6.07, 6.45) is 0.682. The van der Waals surface area contributed by atoms with Crippen LogP contribution in [0.2, 0.25) is 0 Å². The van der Waals surface area contributed by atoms with Gasteiger partial charge in [-0.05, 0) is 13.8 Å². The van der Waals surface area contributed by atoms with Gasteiger partial charge in [0.1, 0.15) is 6.29 Å². The van der Waals surface area contributed by atoms with Crippen LogP contribution in [0.1, 0.15) is 13.8 Å². The van der Waals surface area contributed by atoms with Gasteiger partial charge in [0.25, 0.3) is 0 Å². The molecule has 0 saturated carbocycles. The lowest BCUT2D eigenvalue weighted by Crippen LogP contribution is -1.86. The van der Waals surface area contributed by atoms with Crippen molar-refractivity contribution >= 4 is 17.9 Å². The molecule has 0 heterocycles. The Morgan fingerprint density at radius 3 is 2.00 bits per heavy atom. The molecule has 0 N–H and O–H groups in total. The molecule has 0 saturated heterocycles. The molecule has 0 rings (SSSR count). The van der Waals surface area contributed by atoms with Crippen molar-refractivity contribution in [2.75, 3.05) is 13.7 Å². The molecule has 1 unspecified atom stereocenters. The third-order valence-electron chi connectivity index (χ3n) is 0.476. The van der Waals surface area contributed by atoms with Crippen molar-refractivity contribution in [3.05, 3.63) is 0 Å². The molecule has 0 spiro atoms. The van der Waals surface area contributed by atoms with Crippen molar-refractivity contribution < 1.29 is 9.53 Å². The van der Waals surface area contributed by atoms with Crippen LogP contribution in [-0.4, -0.2) is 25.4 Å². The SMILES string of the molecule is CC(Cl)C=O.CCOC. The first-order chi connectivity index (χ1) is 4.18. The van der Waals surface area contributed by atoms with E-state index in [9.17, 15) is 4.79 Å². The third kappa shape index (κ3) is 32.6. The number of ether oxygens (including phenoxy) is 1. The van der Waals surface area contributed by atoms with Crippen molar-refractivity contribution in [3.63, 3.8) is 0 Å². The lowest BCUT2D eigenvalue weighted by Gasteiger charge is -1.76. The van der Waals surface area contributed by atoms with E-state index in [1.54, 1.807) is 14.0 Å². The number of methoxy groups -OCH3 is 1. The van der Waals surface area contributed by atoms with Crippen molar-refractivity contribution in [2.45, 2.75) is 19.2 Å². The van der Waals surface area contributed by atoms with E-state index >= 15 is 0 Å². The predicted octanol–water partition coefficient (Wildman–Crippen LogP) is 1.47. The van der Waals surface area contributed by atoms with Crippen molar-refractivity contribution in [1.82, 2.24) is 0 Å². The number of rotatable bonds is 2. The van der Waals surface area contributed by atoms with E-state index in [1.807, 2.05) is 6.92 Å². The number of alkyl halides is 1. The number of carbonyl (C=O) groups is 1. The molecule has 56 valence electrons. The van der Waals surface area contributed by atoms with Crippen LogP contribution in [0.4, 0.5) is 0 Å². The first-order valence-corrected chi connectivity index (χ1v) is 3.21. The van der Waals surface area contributed by atoms with Gasteiger partial charge in [-0.1, -0.05) is 0 Å². The third-order valence-corrected chi connectivity index (χ3v) is 0.579. The molecule has 0 aliphatic heterocycles. The molecule has 0 amide bonds. The predicted molar refractivity (Wildman–Crippen MR) is 38.9 cm³/mol. The van der Waals surface area contributed by atoms with Gasteiger partial charge in [0.05, 0.1) is 5.38 Å². The van der Waals surface area contributed by atoms with Crippen LogP contribution >= 0.6 is 11.6 Å². The largest absolute Gasteiger partial charge is 0.385 e. The zero-order chi connectivity index (χ0) is 7.70. The molecule has 9 heavy (non-hydrogen) atoms. The number of hydrogen-bond acceptors (Lipinski definition) is 2. The second-order valence-electron chi connectivity index (χ2n) is 1.39. The molecular formula is C6H13ClO2. The Hall–Kier alpha value is -0.0800. The van der Waals surface area contributed by atoms with Crippen molar-refractivity contribution in [1.29, 1.82) is 0 Å². The van der Waals surface area contributed by atoms with Crippen LogP contribution in [0.5, 0.6) is 0 Å². The van der Waals surface area contributed by atoms with E-state index in [0.717, 1.165) is 6.61 Å². The maximum absolute atomic E-state index is 9.37. The Balaban J connectivity index is 0. The van der Waals surface area contributed by atoms with Crippen LogP contribution in [0, 0.1) is 0 Å². The summed E-state index contributed by atoms with van der Waals surface area (Å²) in [6, 6.07) is 0. The molecule has 0 aromatic rings. The molecule has 3 heteroatoms. The van der Waals surface area contributed by atoms with Crippen LogP contribution < -0.4 is 0 Å². The summed E-state index contributed by atoms with van der Waals surface area (Å²) < 4.78 is 4.54. The summed E-state index contributed by atoms with van der Waals surface area (Å²) in [4.78, 5) is 9.37. The van der Waals surface area contributed by atoms with Crippen LogP contribution in [0.15, 0.2) is 0 Å². The molecule has 2 nitrogen and oxygen atoms in total. The highest BCUT2D eigenvalue weighted by Crippen LogP contribution is 1.82. The summed E-state index contributed by atoms with van der Waals surface area (Å²) in [5, 5.41) is -0.324. The van der Waals surface area contributed by atoms with Gasteiger partial charge in [0.2, 0.25) is 0 Å². The van der Waals surface area contributed by atoms with Crippen LogP contribution in [-0.2, 0) is 9.53 Å². The fourth-order valence-electron chi connectivity index (χ4n) is 0. The molecule has 0 aliphatic carbocycles. The molecule has 0 aliphatic rings. The Morgan fingerprint density at radius 1 is 1.78 bits per heavy atom. The van der Waals surface area contributed by atoms with Gasteiger partial charge in [-0.25, -0.2) is 0 Å². The molecule has 0 fully saturated rings. The van der Waals surface area contributed by atoms with Gasteiger partial charge in [-0.2, -0.15) is 0 Å². The van der Waals surface area contributed by atoms with E-state index < -0.39 is 0 Å². The molecule has 0 bridgehead atoms. The van der Waals surface area contributed by atoms with E-state index in [-0.39, 0.29) is 5.38 Å². The van der Waals surface area contributed by atoms with Crippen LogP contribution in [0.25, 0.3) is 0 Å². The lowest BCUT2D eigenvalue weighted by atomic mass is 10.6. The van der Waals surface area contributed by atoms with Gasteiger partial charge in [0.15, 0.2) is 0 Å². The lowest BCUT2D eigenvalue weighted by molar-refractivity contribution is -0.107. The average Bonchev–Trinajstić information content (AvgIpc) is 1.89. The fraction of sp³-hybridized carbons (Fsp3) is 0.833. The summed E-state index contributed by atoms with van der Waals surface area (Å²) >= 11 is 5.09. The van der Waals surface area contributed by atoms with Gasteiger partial charge in [-0.3, -0.25) is 0 Å². The fourth-order valence-corrected chi connectivity index (χ4v) is 0. The van der Waals surface area contributed by atoms with Gasteiger partial charge >= 0.3 is 0 Å². The normalized spacial score (nSPS) is 11.1. The minimum Gasteiger partial charge on any atom is -0.385 e. The van der Waals surface area contributed by atoms with E-state index in [4.69, 9.17) is 11.6 Å². The average molecular weight is 153 g/mol. The van der Waals surface area contributed by atoms with Gasteiger partial charge in [0, 0.05) is 13.7 Å².